The molecule has 0 unspecified atom stereocenters. The van der Waals surface area contributed by atoms with Gasteiger partial charge in [0.05, 0.1) is 10.7 Å². The molecule has 0 fully saturated rings. The minimum Gasteiger partial charge on any atom is -0.348 e. The summed E-state index contributed by atoms with van der Waals surface area (Å²) in [6.07, 6.45) is 1.27. The number of aromatic amines is 1. The zero-order valence-electron chi connectivity index (χ0n) is 13.8. The first-order valence-corrected chi connectivity index (χ1v) is 8.28. The molecule has 1 aliphatic rings. The minimum absolute atomic E-state index is 0.0838. The molecule has 2 heterocycles. The quantitative estimate of drug-likeness (QED) is 0.922. The fraction of sp³-hybridized carbons (Fsp3) is 0.412. The third-order valence-electron chi connectivity index (χ3n) is 4.28. The van der Waals surface area contributed by atoms with Gasteiger partial charge < -0.3 is 4.90 Å². The Morgan fingerprint density at radius 2 is 2.08 bits per heavy atom. The Labute approximate surface area is 145 Å². The number of rotatable bonds is 3. The number of H-pyrrole nitrogens is 1. The maximum absolute atomic E-state index is 14.1. The van der Waals surface area contributed by atoms with Crippen molar-refractivity contribution >= 4 is 17.5 Å². The Morgan fingerprint density at radius 1 is 1.33 bits per heavy atom. The van der Waals surface area contributed by atoms with E-state index in [9.17, 15) is 9.18 Å². The first-order chi connectivity index (χ1) is 11.5. The molecule has 5 nitrogen and oxygen atoms in total. The summed E-state index contributed by atoms with van der Waals surface area (Å²) in [4.78, 5) is 23.6. The molecule has 0 atom stereocenters. The number of hydrogen-bond donors (Lipinski definition) is 1. The number of benzene rings is 1. The Morgan fingerprint density at radius 3 is 2.83 bits per heavy atom. The number of aromatic nitrogens is 2. The topological polar surface area (TPSA) is 52.2 Å². The van der Waals surface area contributed by atoms with Crippen LogP contribution in [-0.2, 0) is 19.4 Å². The van der Waals surface area contributed by atoms with Gasteiger partial charge in [0, 0.05) is 51.3 Å². The predicted molar refractivity (Wildman–Crippen MR) is 93.3 cm³/mol. The first kappa shape index (κ1) is 16.9. The van der Waals surface area contributed by atoms with Crippen LogP contribution in [0.15, 0.2) is 23.0 Å². The molecule has 1 aromatic carbocycles. The van der Waals surface area contributed by atoms with Crippen LogP contribution in [0.2, 0.25) is 5.02 Å². The van der Waals surface area contributed by atoms with Crippen LogP contribution in [0.5, 0.6) is 0 Å². The van der Waals surface area contributed by atoms with E-state index in [-0.39, 0.29) is 16.4 Å². The fourth-order valence-electron chi connectivity index (χ4n) is 2.92. The molecule has 2 aromatic rings. The standard InChI is InChI=1S/C17H20ClFN4O/c1-22(2)17-20-14-7-9-23(8-6-12(14)16(24)21-17)10-11-4-3-5-13(18)15(11)19/h3-5H,6-10H2,1-2H3,(H,20,21,24). The SMILES string of the molecule is CN(C)c1nc2c(c(=O)[nH]1)CCN(Cc1cccc(Cl)c1F)CC2. The molecule has 0 amide bonds. The molecule has 24 heavy (non-hydrogen) atoms. The lowest BCUT2D eigenvalue weighted by atomic mass is 10.1. The summed E-state index contributed by atoms with van der Waals surface area (Å²) in [7, 11) is 3.69. The summed E-state index contributed by atoms with van der Waals surface area (Å²) in [5, 5.41) is 0.138. The van der Waals surface area contributed by atoms with E-state index in [1.807, 2.05) is 14.1 Å². The van der Waals surface area contributed by atoms with Crippen LogP contribution in [0.1, 0.15) is 16.8 Å². The Bertz CT molecular complexity index is 806. The minimum atomic E-state index is -0.369. The molecule has 1 N–H and O–H groups in total. The van der Waals surface area contributed by atoms with Crippen molar-refractivity contribution < 1.29 is 4.39 Å². The monoisotopic (exact) mass is 350 g/mol. The van der Waals surface area contributed by atoms with Crippen LogP contribution in [0.3, 0.4) is 0 Å². The summed E-state index contributed by atoms with van der Waals surface area (Å²) in [5.74, 6) is 0.194. The zero-order chi connectivity index (χ0) is 17.3. The van der Waals surface area contributed by atoms with Crippen LogP contribution in [0, 0.1) is 5.82 Å². The molecular formula is C17H20ClFN4O. The van der Waals surface area contributed by atoms with Gasteiger partial charge in [0.2, 0.25) is 5.95 Å². The van der Waals surface area contributed by atoms with Gasteiger partial charge in [-0.25, -0.2) is 9.37 Å². The molecule has 3 rings (SSSR count). The van der Waals surface area contributed by atoms with Gasteiger partial charge in [-0.15, -0.1) is 0 Å². The van der Waals surface area contributed by atoms with Gasteiger partial charge in [-0.1, -0.05) is 23.7 Å². The second-order valence-corrected chi connectivity index (χ2v) is 6.61. The highest BCUT2D eigenvalue weighted by molar-refractivity contribution is 6.30. The van der Waals surface area contributed by atoms with Gasteiger partial charge in [0.25, 0.3) is 5.56 Å². The van der Waals surface area contributed by atoms with Crippen molar-refractivity contribution in [1.29, 1.82) is 0 Å². The van der Waals surface area contributed by atoms with Gasteiger partial charge in [-0.2, -0.15) is 0 Å². The van der Waals surface area contributed by atoms with Crippen LogP contribution >= 0.6 is 11.6 Å². The lowest BCUT2D eigenvalue weighted by molar-refractivity contribution is 0.275. The predicted octanol–water partition coefficient (Wildman–Crippen LogP) is 2.23. The number of halogens is 2. The average Bonchev–Trinajstić information content (AvgIpc) is 2.75. The number of nitrogens with one attached hydrogen (secondary N) is 1. The summed E-state index contributed by atoms with van der Waals surface area (Å²) in [6.45, 7) is 1.88. The fourth-order valence-corrected chi connectivity index (χ4v) is 3.12. The summed E-state index contributed by atoms with van der Waals surface area (Å²) in [6, 6.07) is 5.04. The molecule has 128 valence electrons. The van der Waals surface area contributed by atoms with Gasteiger partial charge in [-0.3, -0.25) is 14.7 Å². The van der Waals surface area contributed by atoms with Gasteiger partial charge >= 0.3 is 0 Å². The van der Waals surface area contributed by atoms with Gasteiger partial charge in [0.15, 0.2) is 0 Å². The maximum Gasteiger partial charge on any atom is 0.255 e. The second-order valence-electron chi connectivity index (χ2n) is 6.20. The molecule has 0 bridgehead atoms. The van der Waals surface area contributed by atoms with Crippen LogP contribution in [0.25, 0.3) is 0 Å². The van der Waals surface area contributed by atoms with E-state index in [0.29, 0.717) is 37.4 Å². The van der Waals surface area contributed by atoms with Crippen molar-refractivity contribution in [3.05, 3.63) is 56.2 Å². The Kier molecular flexibility index (Phi) is 4.87. The molecule has 0 spiro atoms. The highest BCUT2D eigenvalue weighted by Crippen LogP contribution is 2.21. The van der Waals surface area contributed by atoms with Crippen molar-refractivity contribution in [2.24, 2.45) is 0 Å². The Hall–Kier alpha value is -1.92. The van der Waals surface area contributed by atoms with Crippen LogP contribution in [-0.4, -0.2) is 42.1 Å². The summed E-state index contributed by atoms with van der Waals surface area (Å²) in [5.41, 5.74) is 2.05. The van der Waals surface area contributed by atoms with E-state index in [4.69, 9.17) is 11.6 Å². The Balaban J connectivity index is 1.79. The number of hydrogen-bond acceptors (Lipinski definition) is 4. The van der Waals surface area contributed by atoms with Crippen molar-refractivity contribution in [2.75, 3.05) is 32.1 Å². The van der Waals surface area contributed by atoms with E-state index < -0.39 is 0 Å². The molecule has 1 aromatic heterocycles. The van der Waals surface area contributed by atoms with Gasteiger partial charge in [-0.05, 0) is 12.5 Å². The van der Waals surface area contributed by atoms with E-state index in [1.165, 1.54) is 0 Å². The third kappa shape index (κ3) is 3.44. The maximum atomic E-state index is 14.1. The largest absolute Gasteiger partial charge is 0.348 e. The zero-order valence-corrected chi connectivity index (χ0v) is 14.5. The molecule has 0 saturated carbocycles. The van der Waals surface area contributed by atoms with E-state index in [1.54, 1.807) is 23.1 Å². The lowest BCUT2D eigenvalue weighted by Gasteiger charge is -2.20. The van der Waals surface area contributed by atoms with Crippen molar-refractivity contribution in [2.45, 2.75) is 19.4 Å². The number of anilines is 1. The van der Waals surface area contributed by atoms with Gasteiger partial charge in [0.1, 0.15) is 5.82 Å². The second kappa shape index (κ2) is 6.91. The van der Waals surface area contributed by atoms with Crippen molar-refractivity contribution in [3.8, 4) is 0 Å². The average molecular weight is 351 g/mol. The molecule has 1 aliphatic heterocycles. The van der Waals surface area contributed by atoms with E-state index in [2.05, 4.69) is 14.9 Å². The number of nitrogens with zero attached hydrogens (tertiary/aromatic N) is 3. The van der Waals surface area contributed by atoms with Crippen molar-refractivity contribution in [3.63, 3.8) is 0 Å². The summed E-state index contributed by atoms with van der Waals surface area (Å²) < 4.78 is 14.1. The normalized spacial score (nSPS) is 15.0. The van der Waals surface area contributed by atoms with E-state index >= 15 is 0 Å². The van der Waals surface area contributed by atoms with Crippen LogP contribution in [0.4, 0.5) is 10.3 Å². The van der Waals surface area contributed by atoms with Crippen molar-refractivity contribution in [1.82, 2.24) is 14.9 Å². The lowest BCUT2D eigenvalue weighted by Crippen LogP contribution is -2.27. The van der Waals surface area contributed by atoms with E-state index in [0.717, 1.165) is 17.8 Å². The highest BCUT2D eigenvalue weighted by Gasteiger charge is 2.20. The summed E-state index contributed by atoms with van der Waals surface area (Å²) >= 11 is 5.85. The van der Waals surface area contributed by atoms with Crippen LogP contribution < -0.4 is 10.5 Å². The molecule has 0 radical (unpaired) electrons. The molecule has 0 saturated heterocycles. The molecule has 0 aliphatic carbocycles. The highest BCUT2D eigenvalue weighted by atomic mass is 35.5. The molecular weight excluding hydrogens is 331 g/mol. The molecule has 7 heteroatoms. The first-order valence-electron chi connectivity index (χ1n) is 7.90. The smallest absolute Gasteiger partial charge is 0.255 e. The number of fused-ring (bicyclic) bond motifs is 1. The third-order valence-corrected chi connectivity index (χ3v) is 4.57.